The van der Waals surface area contributed by atoms with Crippen LogP contribution in [0.3, 0.4) is 0 Å². The highest BCUT2D eigenvalue weighted by Gasteiger charge is 2.48. The number of ether oxygens (including phenoxy) is 1. The number of carbonyl (C=O) groups excluding carboxylic acids is 1. The second-order valence-electron chi connectivity index (χ2n) is 4.15. The number of rotatable bonds is 2. The van der Waals surface area contributed by atoms with Crippen molar-refractivity contribution >= 4 is 5.97 Å². The fourth-order valence-electron chi connectivity index (χ4n) is 2.72. The zero-order valence-corrected chi connectivity index (χ0v) is 7.90. The first-order chi connectivity index (χ1) is 6.22. The third-order valence-corrected chi connectivity index (χ3v) is 3.30. The first kappa shape index (κ1) is 9.00. The lowest BCUT2D eigenvalue weighted by Crippen LogP contribution is -2.19. The van der Waals surface area contributed by atoms with Gasteiger partial charge in [-0.3, -0.25) is 4.79 Å². The molecule has 1 aliphatic carbocycles. The second-order valence-corrected chi connectivity index (χ2v) is 4.15. The van der Waals surface area contributed by atoms with E-state index in [1.165, 1.54) is 0 Å². The Morgan fingerprint density at radius 2 is 2.38 bits per heavy atom. The zero-order valence-electron chi connectivity index (χ0n) is 7.90. The van der Waals surface area contributed by atoms with Gasteiger partial charge in [-0.1, -0.05) is 13.3 Å². The molecule has 0 amide bonds. The quantitative estimate of drug-likeness (QED) is 0.654. The summed E-state index contributed by atoms with van der Waals surface area (Å²) in [5.74, 6) is 0.506. The van der Waals surface area contributed by atoms with Crippen LogP contribution in [-0.2, 0) is 9.53 Å². The minimum Gasteiger partial charge on any atom is -0.462 e. The molecule has 2 aliphatic rings. The van der Waals surface area contributed by atoms with E-state index in [-0.39, 0.29) is 18.2 Å². The molecule has 2 fully saturated rings. The van der Waals surface area contributed by atoms with Crippen molar-refractivity contribution in [1.29, 1.82) is 0 Å². The number of aliphatic hydroxyl groups is 1. The zero-order chi connectivity index (χ0) is 9.42. The third kappa shape index (κ3) is 1.46. The summed E-state index contributed by atoms with van der Waals surface area (Å²) >= 11 is 0. The maximum absolute atomic E-state index is 11.0. The standard InChI is InChI=1S/C10H16O3/c1-2-3-6-7-4-10(12)13-9(7)5-8(6)11/h6-9,11H,2-5H2,1H3/t6?,7-,8?,9+/m1/s1. The fraction of sp³-hybridized carbons (Fsp3) is 0.900. The molecule has 2 rings (SSSR count). The predicted octanol–water partition coefficient (Wildman–Crippen LogP) is 1.10. The van der Waals surface area contributed by atoms with Crippen LogP contribution in [0.1, 0.15) is 32.6 Å². The molecule has 74 valence electrons. The SMILES string of the molecule is CCCC1C(O)C[C@@H]2OC(=O)C[C@H]12. The number of hydrogen-bond acceptors (Lipinski definition) is 3. The summed E-state index contributed by atoms with van der Waals surface area (Å²) in [7, 11) is 0. The van der Waals surface area contributed by atoms with Gasteiger partial charge in [0.05, 0.1) is 12.5 Å². The van der Waals surface area contributed by atoms with E-state index in [0.717, 1.165) is 12.8 Å². The summed E-state index contributed by atoms with van der Waals surface area (Å²) in [5.41, 5.74) is 0. The summed E-state index contributed by atoms with van der Waals surface area (Å²) in [6.45, 7) is 2.11. The number of esters is 1. The molecule has 3 nitrogen and oxygen atoms in total. The second kappa shape index (κ2) is 3.29. The van der Waals surface area contributed by atoms with Crippen molar-refractivity contribution in [1.82, 2.24) is 0 Å². The van der Waals surface area contributed by atoms with Gasteiger partial charge in [-0.15, -0.1) is 0 Å². The Hall–Kier alpha value is -0.570. The normalized spacial score (nSPS) is 43.4. The van der Waals surface area contributed by atoms with Gasteiger partial charge in [0.25, 0.3) is 0 Å². The number of aliphatic hydroxyl groups excluding tert-OH is 1. The fourth-order valence-corrected chi connectivity index (χ4v) is 2.72. The minimum absolute atomic E-state index is 0.0130. The molecule has 1 heterocycles. The van der Waals surface area contributed by atoms with Crippen molar-refractivity contribution < 1.29 is 14.6 Å². The van der Waals surface area contributed by atoms with Gasteiger partial charge >= 0.3 is 5.97 Å². The highest BCUT2D eigenvalue weighted by Crippen LogP contribution is 2.43. The van der Waals surface area contributed by atoms with Crippen LogP contribution in [0, 0.1) is 11.8 Å². The maximum Gasteiger partial charge on any atom is 0.306 e. The minimum atomic E-state index is -0.247. The maximum atomic E-state index is 11.0. The van der Waals surface area contributed by atoms with Gasteiger partial charge < -0.3 is 9.84 Å². The van der Waals surface area contributed by atoms with Gasteiger partial charge in [-0.05, 0) is 12.3 Å². The van der Waals surface area contributed by atoms with Crippen LogP contribution in [0.2, 0.25) is 0 Å². The molecule has 3 heteroatoms. The number of carbonyl (C=O) groups is 1. The molecule has 1 N–H and O–H groups in total. The van der Waals surface area contributed by atoms with Crippen LogP contribution in [0.25, 0.3) is 0 Å². The van der Waals surface area contributed by atoms with E-state index >= 15 is 0 Å². The van der Waals surface area contributed by atoms with Crippen LogP contribution in [-0.4, -0.2) is 23.3 Å². The van der Waals surface area contributed by atoms with Gasteiger partial charge in [0.1, 0.15) is 6.10 Å². The molecule has 0 bridgehead atoms. The summed E-state index contributed by atoms with van der Waals surface area (Å²) in [6.07, 6.45) is 3.02. The van der Waals surface area contributed by atoms with E-state index in [9.17, 15) is 9.90 Å². The average molecular weight is 184 g/mol. The summed E-state index contributed by atoms with van der Waals surface area (Å²) < 4.78 is 5.13. The summed E-state index contributed by atoms with van der Waals surface area (Å²) in [4.78, 5) is 11.0. The number of fused-ring (bicyclic) bond motifs is 1. The Kier molecular flexibility index (Phi) is 2.28. The monoisotopic (exact) mass is 184 g/mol. The lowest BCUT2D eigenvalue weighted by atomic mass is 9.88. The van der Waals surface area contributed by atoms with E-state index in [1.807, 2.05) is 0 Å². The smallest absolute Gasteiger partial charge is 0.306 e. The van der Waals surface area contributed by atoms with Gasteiger partial charge in [-0.25, -0.2) is 0 Å². The van der Waals surface area contributed by atoms with Gasteiger partial charge in [0.15, 0.2) is 0 Å². The molecule has 0 spiro atoms. The average Bonchev–Trinajstić information content (AvgIpc) is 2.52. The lowest BCUT2D eigenvalue weighted by Gasteiger charge is -2.17. The van der Waals surface area contributed by atoms with Crippen LogP contribution in [0.15, 0.2) is 0 Å². The third-order valence-electron chi connectivity index (χ3n) is 3.30. The Bertz CT molecular complexity index is 214. The van der Waals surface area contributed by atoms with Gasteiger partial charge in [0, 0.05) is 12.3 Å². The van der Waals surface area contributed by atoms with E-state index in [1.54, 1.807) is 0 Å². The largest absolute Gasteiger partial charge is 0.462 e. The molecule has 13 heavy (non-hydrogen) atoms. The highest BCUT2D eigenvalue weighted by atomic mass is 16.6. The van der Waals surface area contributed by atoms with Crippen molar-refractivity contribution in [2.24, 2.45) is 11.8 Å². The van der Waals surface area contributed by atoms with E-state index in [2.05, 4.69) is 6.92 Å². The van der Waals surface area contributed by atoms with Crippen molar-refractivity contribution in [2.75, 3.05) is 0 Å². The molecule has 2 unspecified atom stereocenters. The molecule has 1 saturated heterocycles. The van der Waals surface area contributed by atoms with Crippen LogP contribution in [0.4, 0.5) is 0 Å². The first-order valence-corrected chi connectivity index (χ1v) is 5.10. The van der Waals surface area contributed by atoms with Crippen molar-refractivity contribution in [3.63, 3.8) is 0 Å². The summed E-state index contributed by atoms with van der Waals surface area (Å²) in [5, 5.41) is 9.72. The van der Waals surface area contributed by atoms with E-state index in [0.29, 0.717) is 24.7 Å². The van der Waals surface area contributed by atoms with Crippen LogP contribution < -0.4 is 0 Å². The van der Waals surface area contributed by atoms with Crippen LogP contribution in [0.5, 0.6) is 0 Å². The molecule has 0 aromatic heterocycles. The molecular weight excluding hydrogens is 168 g/mol. The molecule has 0 aromatic carbocycles. The van der Waals surface area contributed by atoms with Gasteiger partial charge in [-0.2, -0.15) is 0 Å². The van der Waals surface area contributed by atoms with Crippen molar-refractivity contribution in [2.45, 2.75) is 44.8 Å². The Morgan fingerprint density at radius 1 is 1.62 bits per heavy atom. The summed E-state index contributed by atoms with van der Waals surface area (Å²) in [6, 6.07) is 0. The molecule has 4 atom stereocenters. The molecule has 1 aliphatic heterocycles. The van der Waals surface area contributed by atoms with Crippen molar-refractivity contribution in [3.8, 4) is 0 Å². The Balaban J connectivity index is 2.05. The number of hydrogen-bond donors (Lipinski definition) is 1. The highest BCUT2D eigenvalue weighted by molar-refractivity contribution is 5.72. The topological polar surface area (TPSA) is 46.5 Å². The van der Waals surface area contributed by atoms with Crippen molar-refractivity contribution in [3.05, 3.63) is 0 Å². The molecular formula is C10H16O3. The predicted molar refractivity (Wildman–Crippen MR) is 47.0 cm³/mol. The lowest BCUT2D eigenvalue weighted by molar-refractivity contribution is -0.141. The van der Waals surface area contributed by atoms with Gasteiger partial charge in [0.2, 0.25) is 0 Å². The molecule has 1 saturated carbocycles. The van der Waals surface area contributed by atoms with E-state index in [4.69, 9.17) is 4.74 Å². The first-order valence-electron chi connectivity index (χ1n) is 5.10. The molecule has 0 aromatic rings. The van der Waals surface area contributed by atoms with E-state index < -0.39 is 0 Å². The van der Waals surface area contributed by atoms with Crippen LogP contribution >= 0.6 is 0 Å². The Labute approximate surface area is 78.1 Å². The molecule has 0 radical (unpaired) electrons. The Morgan fingerprint density at radius 3 is 3.08 bits per heavy atom.